The van der Waals surface area contributed by atoms with Gasteiger partial charge in [0.25, 0.3) is 0 Å². The van der Waals surface area contributed by atoms with Crippen molar-refractivity contribution in [2.24, 2.45) is 0 Å². The molecule has 0 aliphatic carbocycles. The third kappa shape index (κ3) is 2.35. The minimum absolute atomic E-state index is 0.193. The van der Waals surface area contributed by atoms with E-state index in [2.05, 4.69) is 0 Å². The molecule has 2 aromatic rings. The van der Waals surface area contributed by atoms with Gasteiger partial charge >= 0.3 is 0 Å². The van der Waals surface area contributed by atoms with Crippen LogP contribution in [0.4, 0.5) is 4.39 Å². The van der Waals surface area contributed by atoms with Gasteiger partial charge in [-0.05, 0) is 32.0 Å². The highest BCUT2D eigenvalue weighted by atomic mass is 35.5. The Kier molecular flexibility index (Phi) is 3.22. The zero-order valence-electron chi connectivity index (χ0n) is 9.50. The molecule has 1 unspecified atom stereocenters. The van der Waals surface area contributed by atoms with E-state index in [1.165, 1.54) is 12.1 Å². The third-order valence-corrected chi connectivity index (χ3v) is 2.87. The van der Waals surface area contributed by atoms with Gasteiger partial charge in [-0.15, -0.1) is 0 Å². The number of benzene rings is 1. The first-order valence-corrected chi connectivity index (χ1v) is 5.57. The monoisotopic (exact) mass is 254 g/mol. The van der Waals surface area contributed by atoms with Crippen LogP contribution in [-0.4, -0.2) is 5.11 Å². The van der Waals surface area contributed by atoms with Crippen LogP contribution < -0.4 is 0 Å². The van der Waals surface area contributed by atoms with E-state index in [1.807, 2.05) is 0 Å². The van der Waals surface area contributed by atoms with Crippen LogP contribution in [0.25, 0.3) is 0 Å². The predicted molar refractivity (Wildman–Crippen MR) is 63.7 cm³/mol. The Morgan fingerprint density at radius 3 is 2.47 bits per heavy atom. The van der Waals surface area contributed by atoms with E-state index in [9.17, 15) is 9.50 Å². The van der Waals surface area contributed by atoms with E-state index >= 15 is 0 Å². The quantitative estimate of drug-likeness (QED) is 0.885. The van der Waals surface area contributed by atoms with Crippen molar-refractivity contribution in [2.45, 2.75) is 20.0 Å². The fraction of sp³-hybridized carbons (Fsp3) is 0.231. The molecule has 0 saturated heterocycles. The molecule has 1 N–H and O–H groups in total. The van der Waals surface area contributed by atoms with Gasteiger partial charge in [0.1, 0.15) is 23.4 Å². The van der Waals surface area contributed by atoms with Gasteiger partial charge in [0.2, 0.25) is 0 Å². The van der Waals surface area contributed by atoms with Gasteiger partial charge in [0.05, 0.1) is 0 Å². The molecule has 2 nitrogen and oxygen atoms in total. The van der Waals surface area contributed by atoms with Gasteiger partial charge in [-0.3, -0.25) is 0 Å². The first-order chi connectivity index (χ1) is 7.99. The molecule has 4 heteroatoms. The SMILES string of the molecule is Cc1cc(C(O)c2ccc(Cl)cc2F)c(C)o1. The molecule has 0 saturated carbocycles. The van der Waals surface area contributed by atoms with Crippen molar-refractivity contribution >= 4 is 11.6 Å². The van der Waals surface area contributed by atoms with Crippen molar-refractivity contribution in [2.75, 3.05) is 0 Å². The van der Waals surface area contributed by atoms with Gasteiger partial charge < -0.3 is 9.52 Å². The smallest absolute Gasteiger partial charge is 0.130 e. The van der Waals surface area contributed by atoms with Crippen molar-refractivity contribution < 1.29 is 13.9 Å². The number of hydrogen-bond acceptors (Lipinski definition) is 2. The zero-order chi connectivity index (χ0) is 12.6. The number of aryl methyl sites for hydroxylation is 2. The van der Waals surface area contributed by atoms with E-state index in [1.54, 1.807) is 26.0 Å². The summed E-state index contributed by atoms with van der Waals surface area (Å²) in [7, 11) is 0. The molecule has 0 radical (unpaired) electrons. The standard InChI is InChI=1S/C13H12ClFO2/c1-7-5-11(8(2)17-7)13(16)10-4-3-9(14)6-12(10)15/h3-6,13,16H,1-2H3. The molecule has 0 aliphatic rings. The Hall–Kier alpha value is -1.32. The number of halogens is 2. The van der Waals surface area contributed by atoms with Gasteiger partial charge in [0, 0.05) is 16.1 Å². The van der Waals surface area contributed by atoms with Crippen molar-refractivity contribution in [1.82, 2.24) is 0 Å². The number of furan rings is 1. The summed E-state index contributed by atoms with van der Waals surface area (Å²) in [6, 6.07) is 5.91. The van der Waals surface area contributed by atoms with Crippen LogP contribution in [0, 0.1) is 19.7 Å². The topological polar surface area (TPSA) is 33.4 Å². The van der Waals surface area contributed by atoms with Crippen LogP contribution in [0.2, 0.25) is 5.02 Å². The highest BCUT2D eigenvalue weighted by molar-refractivity contribution is 6.30. The van der Waals surface area contributed by atoms with Crippen LogP contribution in [0.1, 0.15) is 28.8 Å². The molecule has 17 heavy (non-hydrogen) atoms. The van der Waals surface area contributed by atoms with Crippen molar-refractivity contribution in [3.05, 3.63) is 57.8 Å². The average Bonchev–Trinajstić information content (AvgIpc) is 2.57. The van der Waals surface area contributed by atoms with Crippen molar-refractivity contribution in [1.29, 1.82) is 0 Å². The van der Waals surface area contributed by atoms with Crippen LogP contribution in [0.3, 0.4) is 0 Å². The van der Waals surface area contributed by atoms with Crippen LogP contribution >= 0.6 is 11.6 Å². The summed E-state index contributed by atoms with van der Waals surface area (Å²) in [5.74, 6) is 0.749. The van der Waals surface area contributed by atoms with Crippen LogP contribution in [-0.2, 0) is 0 Å². The highest BCUT2D eigenvalue weighted by Crippen LogP contribution is 2.29. The second-order valence-electron chi connectivity index (χ2n) is 3.94. The highest BCUT2D eigenvalue weighted by Gasteiger charge is 2.19. The first-order valence-electron chi connectivity index (χ1n) is 5.19. The van der Waals surface area contributed by atoms with E-state index in [0.717, 1.165) is 0 Å². The molecule has 0 bridgehead atoms. The molecule has 0 aliphatic heterocycles. The van der Waals surface area contributed by atoms with Gasteiger partial charge in [-0.2, -0.15) is 0 Å². The first kappa shape index (κ1) is 12.1. The summed E-state index contributed by atoms with van der Waals surface area (Å²) in [5.41, 5.74) is 0.766. The maximum atomic E-state index is 13.6. The molecule has 0 spiro atoms. The summed E-state index contributed by atoms with van der Waals surface area (Å²) >= 11 is 5.66. The lowest BCUT2D eigenvalue weighted by Gasteiger charge is -2.11. The van der Waals surface area contributed by atoms with E-state index < -0.39 is 11.9 Å². The van der Waals surface area contributed by atoms with Crippen LogP contribution in [0.15, 0.2) is 28.7 Å². The van der Waals surface area contributed by atoms with Gasteiger partial charge in [-0.1, -0.05) is 17.7 Å². The third-order valence-electron chi connectivity index (χ3n) is 2.63. The van der Waals surface area contributed by atoms with Crippen LogP contribution in [0.5, 0.6) is 0 Å². The number of rotatable bonds is 2. The largest absolute Gasteiger partial charge is 0.466 e. The minimum atomic E-state index is -1.04. The molecular weight excluding hydrogens is 243 g/mol. The Labute approximate surface area is 104 Å². The number of aliphatic hydroxyl groups is 1. The normalized spacial score (nSPS) is 12.8. The lowest BCUT2D eigenvalue weighted by molar-refractivity contribution is 0.212. The molecule has 1 atom stereocenters. The molecule has 1 aromatic heterocycles. The van der Waals surface area contributed by atoms with E-state index in [-0.39, 0.29) is 5.56 Å². The second-order valence-corrected chi connectivity index (χ2v) is 4.37. The minimum Gasteiger partial charge on any atom is -0.466 e. The Balaban J connectivity index is 2.43. The summed E-state index contributed by atoms with van der Waals surface area (Å²) in [5, 5.41) is 10.4. The fourth-order valence-corrected chi connectivity index (χ4v) is 1.97. The predicted octanol–water partition coefficient (Wildman–Crippen LogP) is 3.77. The zero-order valence-corrected chi connectivity index (χ0v) is 10.3. The van der Waals surface area contributed by atoms with Crippen molar-refractivity contribution in [3.63, 3.8) is 0 Å². The molecule has 0 amide bonds. The molecule has 1 aromatic carbocycles. The maximum Gasteiger partial charge on any atom is 0.130 e. The van der Waals surface area contributed by atoms with E-state index in [4.69, 9.17) is 16.0 Å². The molecule has 90 valence electrons. The summed E-state index contributed by atoms with van der Waals surface area (Å²) in [6.07, 6.45) is -1.04. The Morgan fingerprint density at radius 2 is 1.94 bits per heavy atom. The molecule has 0 fully saturated rings. The van der Waals surface area contributed by atoms with Gasteiger partial charge in [-0.25, -0.2) is 4.39 Å². The summed E-state index contributed by atoms with van der Waals surface area (Å²) in [4.78, 5) is 0. The number of hydrogen-bond donors (Lipinski definition) is 1. The summed E-state index contributed by atoms with van der Waals surface area (Å²) < 4.78 is 19.0. The number of aliphatic hydroxyl groups excluding tert-OH is 1. The lowest BCUT2D eigenvalue weighted by Crippen LogP contribution is -2.02. The van der Waals surface area contributed by atoms with Crippen molar-refractivity contribution in [3.8, 4) is 0 Å². The molecule has 1 heterocycles. The maximum absolute atomic E-state index is 13.6. The molecule has 2 rings (SSSR count). The lowest BCUT2D eigenvalue weighted by atomic mass is 10.0. The Bertz CT molecular complexity index is 548. The van der Waals surface area contributed by atoms with Gasteiger partial charge in [0.15, 0.2) is 0 Å². The fourth-order valence-electron chi connectivity index (χ4n) is 1.81. The molecular formula is C13H12ClFO2. The Morgan fingerprint density at radius 1 is 1.24 bits per heavy atom. The van der Waals surface area contributed by atoms with E-state index in [0.29, 0.717) is 22.1 Å². The second kappa shape index (κ2) is 4.51. The summed E-state index contributed by atoms with van der Waals surface area (Å²) in [6.45, 7) is 3.51. The average molecular weight is 255 g/mol.